The summed E-state index contributed by atoms with van der Waals surface area (Å²) in [6.45, 7) is 1.77. The molecular formula is C20H24N4O11S. The number of phenolic OH excluding ortho intramolecular Hbond substituents is 2. The molecule has 5 atom stereocenters. The number of carboxylic acid groups (broad SMARTS) is 1. The first-order chi connectivity index (χ1) is 16.9. The van der Waals surface area contributed by atoms with E-state index in [1.807, 2.05) is 10.9 Å². The van der Waals surface area contributed by atoms with E-state index in [9.17, 15) is 43.3 Å². The molecule has 196 valence electrons. The topological polar surface area (TPSA) is 224 Å². The first kappa shape index (κ1) is 26.7. The van der Waals surface area contributed by atoms with Gasteiger partial charge in [-0.25, -0.2) is 19.2 Å². The number of oxime groups is 1. The number of amides is 3. The molecule has 1 aromatic rings. The van der Waals surface area contributed by atoms with E-state index in [4.69, 9.17) is 9.57 Å². The van der Waals surface area contributed by atoms with Crippen molar-refractivity contribution in [3.8, 4) is 11.5 Å². The number of phenols is 2. The fourth-order valence-electron chi connectivity index (χ4n) is 3.77. The highest BCUT2D eigenvalue weighted by Crippen LogP contribution is 2.32. The van der Waals surface area contributed by atoms with E-state index in [1.54, 1.807) is 6.92 Å². The van der Waals surface area contributed by atoms with Crippen molar-refractivity contribution in [1.82, 2.24) is 15.8 Å². The number of β-lactam (4-membered cyclic amide) rings is 1. The third kappa shape index (κ3) is 5.18. The van der Waals surface area contributed by atoms with Crippen molar-refractivity contribution in [1.29, 1.82) is 0 Å². The molecule has 36 heavy (non-hydrogen) atoms. The molecule has 0 saturated carbocycles. The number of ether oxygens (including phenoxy) is 1. The summed E-state index contributed by atoms with van der Waals surface area (Å²) in [5.41, 5.74) is 4.22. The molecule has 15 nitrogen and oxygen atoms in total. The highest BCUT2D eigenvalue weighted by molar-refractivity contribution is 7.80. The molecule has 2 heterocycles. The van der Waals surface area contributed by atoms with Gasteiger partial charge in [0.15, 0.2) is 28.6 Å². The molecule has 3 rings (SSSR count). The Balaban J connectivity index is 1.55. The van der Waals surface area contributed by atoms with Gasteiger partial charge in [0.05, 0.1) is 5.71 Å². The van der Waals surface area contributed by atoms with E-state index in [1.165, 1.54) is 18.2 Å². The van der Waals surface area contributed by atoms with Crippen molar-refractivity contribution >= 4 is 40.7 Å². The monoisotopic (exact) mass is 528 g/mol. The van der Waals surface area contributed by atoms with E-state index in [0.29, 0.717) is 0 Å². The van der Waals surface area contributed by atoms with Gasteiger partial charge in [-0.15, -0.1) is 0 Å². The summed E-state index contributed by atoms with van der Waals surface area (Å²) in [5, 5.41) is 32.8. The number of nitrogens with one attached hydrogen (secondary N) is 2. The normalized spacial score (nSPS) is 22.2. The second-order valence-corrected chi connectivity index (χ2v) is 9.79. The number of benzene rings is 1. The van der Waals surface area contributed by atoms with Crippen LogP contribution in [-0.4, -0.2) is 88.1 Å². The maximum absolute atomic E-state index is 12.3. The van der Waals surface area contributed by atoms with Crippen LogP contribution < -0.4 is 10.9 Å². The predicted molar refractivity (Wildman–Crippen MR) is 120 cm³/mol. The van der Waals surface area contributed by atoms with Gasteiger partial charge in [0.1, 0.15) is 11.4 Å². The molecule has 2 unspecified atom stereocenters. The standard InChI is InChI=1S/C20H24N4O11S/c1-9-6-14(26)24(9)16(18(29)30)20(2,36(32)33)8-34-19(31)22-21-17(28)13-7-11(23-35-13)10-4-3-5-12(25)15(10)27/h3-5,9,13,16,25,27H,6-8H2,1-2H3,(H,21,28)(H,22,31)(H,29,30)(H,32,33)/t9-,13?,16+,20+/m1/s1. The Hall–Kier alpha value is -3.92. The summed E-state index contributed by atoms with van der Waals surface area (Å²) < 4.78 is 24.6. The predicted octanol–water partition coefficient (Wildman–Crippen LogP) is -0.597. The van der Waals surface area contributed by atoms with Crippen LogP contribution in [0.25, 0.3) is 0 Å². The molecular weight excluding hydrogens is 504 g/mol. The summed E-state index contributed by atoms with van der Waals surface area (Å²) in [6, 6.07) is 1.92. The van der Waals surface area contributed by atoms with Crippen LogP contribution in [0, 0.1) is 0 Å². The second-order valence-electron chi connectivity index (χ2n) is 8.36. The SMILES string of the molecule is C[C@@H]1CC(=O)N1[C@@H](C(=O)O)[C@](C)(COC(=O)NNC(=O)C1CC(c2cccc(O)c2O)=NO1)S(=O)O. The summed E-state index contributed by atoms with van der Waals surface area (Å²) in [5.74, 6) is -3.77. The zero-order chi connectivity index (χ0) is 26.8. The Bertz CT molecular complexity index is 1140. The number of hydrazine groups is 1. The molecule has 0 aliphatic carbocycles. The van der Waals surface area contributed by atoms with Gasteiger partial charge in [-0.1, -0.05) is 11.2 Å². The van der Waals surface area contributed by atoms with E-state index in [0.717, 1.165) is 11.8 Å². The summed E-state index contributed by atoms with van der Waals surface area (Å²) in [7, 11) is 0. The van der Waals surface area contributed by atoms with E-state index in [-0.39, 0.29) is 29.9 Å². The highest BCUT2D eigenvalue weighted by atomic mass is 32.2. The minimum Gasteiger partial charge on any atom is -0.504 e. The number of aromatic hydroxyl groups is 2. The van der Waals surface area contributed by atoms with Gasteiger partial charge in [0.2, 0.25) is 12.0 Å². The van der Waals surface area contributed by atoms with Crippen molar-refractivity contribution < 1.29 is 52.8 Å². The average Bonchev–Trinajstić information content (AvgIpc) is 3.31. The quantitative estimate of drug-likeness (QED) is 0.108. The van der Waals surface area contributed by atoms with Crippen LogP contribution in [0.1, 0.15) is 32.3 Å². The Kier molecular flexibility index (Phi) is 7.68. The maximum Gasteiger partial charge on any atom is 0.426 e. The van der Waals surface area contributed by atoms with Crippen LogP contribution in [-0.2, 0) is 35.0 Å². The molecule has 16 heteroatoms. The number of carbonyl (C=O) groups is 4. The number of nitrogens with zero attached hydrogens (tertiary/aromatic N) is 2. The van der Waals surface area contributed by atoms with Gasteiger partial charge in [-0.05, 0) is 26.0 Å². The Morgan fingerprint density at radius 2 is 2.00 bits per heavy atom. The van der Waals surface area contributed by atoms with E-state index in [2.05, 4.69) is 5.16 Å². The number of likely N-dealkylation sites (tertiary alicyclic amines) is 1. The number of hydrogen-bond donors (Lipinski definition) is 6. The van der Waals surface area contributed by atoms with Crippen LogP contribution in [0.4, 0.5) is 4.79 Å². The van der Waals surface area contributed by atoms with Crippen molar-refractivity contribution in [3.63, 3.8) is 0 Å². The smallest absolute Gasteiger partial charge is 0.426 e. The lowest BCUT2D eigenvalue weighted by atomic mass is 9.92. The molecule has 1 fully saturated rings. The van der Waals surface area contributed by atoms with Gasteiger partial charge in [-0.2, -0.15) is 0 Å². The number of hydrogen-bond acceptors (Lipinski definition) is 10. The molecule has 1 aromatic carbocycles. The van der Waals surface area contributed by atoms with Crippen LogP contribution in [0.3, 0.4) is 0 Å². The van der Waals surface area contributed by atoms with Crippen LogP contribution in [0.5, 0.6) is 11.5 Å². The lowest BCUT2D eigenvalue weighted by Gasteiger charge is -2.47. The van der Waals surface area contributed by atoms with Crippen molar-refractivity contribution in [2.75, 3.05) is 6.61 Å². The lowest BCUT2D eigenvalue weighted by molar-refractivity contribution is -0.163. The fourth-order valence-corrected chi connectivity index (χ4v) is 4.33. The average molecular weight is 528 g/mol. The first-order valence-corrected chi connectivity index (χ1v) is 11.6. The van der Waals surface area contributed by atoms with Crippen molar-refractivity contribution in [2.45, 2.75) is 49.6 Å². The molecule has 2 aliphatic heterocycles. The summed E-state index contributed by atoms with van der Waals surface area (Å²) >= 11 is -2.84. The van der Waals surface area contributed by atoms with E-state index >= 15 is 0 Å². The highest BCUT2D eigenvalue weighted by Gasteiger charge is 2.54. The number of carboxylic acids is 1. The van der Waals surface area contributed by atoms with Crippen LogP contribution in [0.2, 0.25) is 0 Å². The number of rotatable bonds is 8. The van der Waals surface area contributed by atoms with Crippen molar-refractivity contribution in [2.24, 2.45) is 5.16 Å². The summed E-state index contributed by atoms with van der Waals surface area (Å²) in [6.07, 6.45) is -2.52. The van der Waals surface area contributed by atoms with Gasteiger partial charge in [0, 0.05) is 24.4 Å². The lowest BCUT2D eigenvalue weighted by Crippen LogP contribution is -2.68. The molecule has 6 N–H and O–H groups in total. The van der Waals surface area contributed by atoms with E-state index < -0.39 is 70.2 Å². The summed E-state index contributed by atoms with van der Waals surface area (Å²) in [4.78, 5) is 54.1. The molecule has 3 amide bonds. The number of aliphatic carboxylic acids is 1. The van der Waals surface area contributed by atoms with Crippen LogP contribution in [0.15, 0.2) is 23.4 Å². The van der Waals surface area contributed by atoms with Crippen molar-refractivity contribution in [3.05, 3.63) is 23.8 Å². The molecule has 0 aromatic heterocycles. The Morgan fingerprint density at radius 3 is 2.58 bits per heavy atom. The molecule has 1 saturated heterocycles. The first-order valence-electron chi connectivity index (χ1n) is 10.5. The maximum atomic E-state index is 12.3. The second kappa shape index (κ2) is 10.4. The molecule has 0 radical (unpaired) electrons. The molecule has 0 spiro atoms. The third-order valence-electron chi connectivity index (χ3n) is 5.79. The van der Waals surface area contributed by atoms with Gasteiger partial charge in [-0.3, -0.25) is 15.0 Å². The number of para-hydroxylation sites is 1. The fraction of sp³-hybridized carbons (Fsp3) is 0.450. The Morgan fingerprint density at radius 1 is 1.31 bits per heavy atom. The largest absolute Gasteiger partial charge is 0.504 e. The third-order valence-corrected chi connectivity index (χ3v) is 6.93. The number of carbonyl (C=O) groups excluding carboxylic acids is 3. The zero-order valence-electron chi connectivity index (χ0n) is 19.0. The minimum atomic E-state index is -2.84. The Labute approximate surface area is 206 Å². The molecule has 2 aliphatic rings. The van der Waals surface area contributed by atoms with Gasteiger partial charge in [0.25, 0.3) is 5.91 Å². The molecule has 0 bridgehead atoms. The minimum absolute atomic E-state index is 0.0744. The van der Waals surface area contributed by atoms with Gasteiger partial charge < -0.3 is 34.3 Å². The zero-order valence-corrected chi connectivity index (χ0v) is 19.9. The van der Waals surface area contributed by atoms with Crippen LogP contribution >= 0.6 is 0 Å². The van der Waals surface area contributed by atoms with Gasteiger partial charge >= 0.3 is 12.1 Å².